The van der Waals surface area contributed by atoms with E-state index in [9.17, 15) is 9.90 Å². The second kappa shape index (κ2) is 7.56. The van der Waals surface area contributed by atoms with E-state index in [1.165, 1.54) is 11.8 Å². The van der Waals surface area contributed by atoms with Gasteiger partial charge in [0.25, 0.3) is 0 Å². The Kier molecular flexibility index (Phi) is 6.01. The van der Waals surface area contributed by atoms with Gasteiger partial charge in [0.1, 0.15) is 12.0 Å². The van der Waals surface area contributed by atoms with Crippen molar-refractivity contribution in [2.24, 2.45) is 0 Å². The number of hydrogen-bond donors (Lipinski definition) is 1. The summed E-state index contributed by atoms with van der Waals surface area (Å²) in [4.78, 5) is 11.8. The first-order valence-corrected chi connectivity index (χ1v) is 6.55. The molecule has 0 unspecified atom stereocenters. The van der Waals surface area contributed by atoms with E-state index in [4.69, 9.17) is 0 Å². The predicted molar refractivity (Wildman–Crippen MR) is 76.9 cm³/mol. The first kappa shape index (κ1) is 14.3. The van der Waals surface area contributed by atoms with E-state index in [0.717, 1.165) is 16.8 Å². The Balaban J connectivity index is 2.78. The van der Waals surface area contributed by atoms with Gasteiger partial charge in [-0.1, -0.05) is 36.9 Å². The standard InChI is InChI=1S/C15H16O2S/c1-3-7-13(10-16)12(4-2)11-18-15-9-6-5-8-14(15)17/h3-10,17H,1,11H2,2H3/b12-4-,13-7-. The number of allylic oxidation sites excluding steroid dienone is 4. The van der Waals surface area contributed by atoms with Crippen molar-refractivity contribution in [1.29, 1.82) is 0 Å². The highest BCUT2D eigenvalue weighted by molar-refractivity contribution is 7.99. The summed E-state index contributed by atoms with van der Waals surface area (Å²) >= 11 is 1.50. The molecule has 0 fully saturated rings. The molecule has 1 N–H and O–H groups in total. The fraction of sp³-hybridized carbons (Fsp3) is 0.133. The Labute approximate surface area is 112 Å². The number of thioether (sulfide) groups is 1. The van der Waals surface area contributed by atoms with Gasteiger partial charge < -0.3 is 5.11 Å². The molecule has 0 saturated carbocycles. The van der Waals surface area contributed by atoms with Gasteiger partial charge in [-0.25, -0.2) is 0 Å². The Bertz CT molecular complexity index is 487. The van der Waals surface area contributed by atoms with Crippen molar-refractivity contribution in [3.05, 3.63) is 60.2 Å². The lowest BCUT2D eigenvalue weighted by Crippen LogP contribution is -1.94. The Hall–Kier alpha value is -1.74. The second-order valence-corrected chi connectivity index (χ2v) is 4.56. The molecule has 0 radical (unpaired) electrons. The first-order valence-electron chi connectivity index (χ1n) is 5.57. The van der Waals surface area contributed by atoms with Crippen LogP contribution in [-0.4, -0.2) is 17.1 Å². The van der Waals surface area contributed by atoms with Crippen molar-refractivity contribution in [3.8, 4) is 5.75 Å². The van der Waals surface area contributed by atoms with Crippen LogP contribution in [0.3, 0.4) is 0 Å². The molecule has 0 amide bonds. The maximum atomic E-state index is 11.0. The number of hydrogen-bond acceptors (Lipinski definition) is 3. The average Bonchev–Trinajstić information content (AvgIpc) is 2.40. The first-order chi connectivity index (χ1) is 8.72. The molecule has 0 aromatic heterocycles. The van der Waals surface area contributed by atoms with Gasteiger partial charge in [-0.15, -0.1) is 11.8 Å². The van der Waals surface area contributed by atoms with E-state index in [1.54, 1.807) is 24.3 Å². The van der Waals surface area contributed by atoms with E-state index in [1.807, 2.05) is 25.1 Å². The van der Waals surface area contributed by atoms with Crippen molar-refractivity contribution < 1.29 is 9.90 Å². The molecule has 0 aliphatic heterocycles. The summed E-state index contributed by atoms with van der Waals surface area (Å²) in [5, 5.41) is 9.65. The molecule has 1 aromatic rings. The lowest BCUT2D eigenvalue weighted by Gasteiger charge is -2.07. The fourth-order valence-electron chi connectivity index (χ4n) is 1.42. The van der Waals surface area contributed by atoms with Crippen molar-refractivity contribution in [3.63, 3.8) is 0 Å². The summed E-state index contributed by atoms with van der Waals surface area (Å²) in [7, 11) is 0. The molecule has 0 aliphatic rings. The van der Waals surface area contributed by atoms with Gasteiger partial charge in [0.15, 0.2) is 0 Å². The van der Waals surface area contributed by atoms with Crippen LogP contribution in [0.25, 0.3) is 0 Å². The van der Waals surface area contributed by atoms with E-state index in [2.05, 4.69) is 6.58 Å². The third-order valence-corrected chi connectivity index (χ3v) is 3.50. The zero-order valence-corrected chi connectivity index (χ0v) is 11.1. The number of rotatable bonds is 6. The van der Waals surface area contributed by atoms with Gasteiger partial charge in [0.05, 0.1) is 0 Å². The normalized spacial score (nSPS) is 12.3. The van der Waals surface area contributed by atoms with Crippen molar-refractivity contribution >= 4 is 18.0 Å². The number of carbonyl (C=O) groups is 1. The highest BCUT2D eigenvalue weighted by Crippen LogP contribution is 2.30. The highest BCUT2D eigenvalue weighted by Gasteiger charge is 2.06. The number of para-hydroxylation sites is 1. The number of phenolic OH excluding ortho intramolecular Hbond substituents is 1. The van der Waals surface area contributed by atoms with Gasteiger partial charge in [0.2, 0.25) is 0 Å². The summed E-state index contributed by atoms with van der Waals surface area (Å²) in [5.74, 6) is 0.894. The summed E-state index contributed by atoms with van der Waals surface area (Å²) in [6.07, 6.45) is 6.00. The Morgan fingerprint density at radius 2 is 2.17 bits per heavy atom. The van der Waals surface area contributed by atoms with Gasteiger partial charge in [-0.2, -0.15) is 0 Å². The van der Waals surface area contributed by atoms with Crippen LogP contribution in [0.2, 0.25) is 0 Å². The van der Waals surface area contributed by atoms with E-state index >= 15 is 0 Å². The van der Waals surface area contributed by atoms with Crippen molar-refractivity contribution in [2.75, 3.05) is 5.75 Å². The van der Waals surface area contributed by atoms with Crippen molar-refractivity contribution in [2.45, 2.75) is 11.8 Å². The van der Waals surface area contributed by atoms with Gasteiger partial charge in [-0.3, -0.25) is 4.79 Å². The van der Waals surface area contributed by atoms with E-state index in [-0.39, 0.29) is 5.75 Å². The van der Waals surface area contributed by atoms with Crippen LogP contribution >= 0.6 is 11.8 Å². The minimum atomic E-state index is 0.262. The molecule has 0 saturated heterocycles. The van der Waals surface area contributed by atoms with Gasteiger partial charge in [-0.05, 0) is 24.6 Å². The third kappa shape index (κ3) is 3.93. The van der Waals surface area contributed by atoms with Crippen LogP contribution in [0.1, 0.15) is 6.92 Å². The molecule has 2 nitrogen and oxygen atoms in total. The molecule has 18 heavy (non-hydrogen) atoms. The third-order valence-electron chi connectivity index (χ3n) is 2.39. The lowest BCUT2D eigenvalue weighted by molar-refractivity contribution is -0.104. The minimum absolute atomic E-state index is 0.262. The molecule has 0 atom stereocenters. The SMILES string of the molecule is C=C/C=C(C=O)\C(=C/C)CSc1ccccc1O. The van der Waals surface area contributed by atoms with Crippen molar-refractivity contribution in [1.82, 2.24) is 0 Å². The Morgan fingerprint density at radius 1 is 1.44 bits per heavy atom. The molecule has 0 bridgehead atoms. The van der Waals surface area contributed by atoms with Gasteiger partial charge in [0, 0.05) is 16.2 Å². The molecule has 3 heteroatoms. The number of aromatic hydroxyl groups is 1. The maximum absolute atomic E-state index is 11.0. The number of phenols is 1. The van der Waals surface area contributed by atoms with Crippen LogP contribution < -0.4 is 0 Å². The van der Waals surface area contributed by atoms with Crippen LogP contribution in [0.4, 0.5) is 0 Å². The van der Waals surface area contributed by atoms with Crippen LogP contribution in [-0.2, 0) is 4.79 Å². The zero-order chi connectivity index (χ0) is 13.4. The Morgan fingerprint density at radius 3 is 2.72 bits per heavy atom. The minimum Gasteiger partial charge on any atom is -0.507 e. The molecular weight excluding hydrogens is 244 g/mol. The molecule has 1 aromatic carbocycles. The molecule has 94 valence electrons. The predicted octanol–water partition coefficient (Wildman–Crippen LogP) is 3.74. The second-order valence-electron chi connectivity index (χ2n) is 3.55. The fourth-order valence-corrected chi connectivity index (χ4v) is 2.45. The average molecular weight is 260 g/mol. The van der Waals surface area contributed by atoms with Crippen LogP contribution in [0.15, 0.2) is 65.1 Å². The van der Waals surface area contributed by atoms with Crippen LogP contribution in [0, 0.1) is 0 Å². The number of aldehydes is 1. The summed E-state index contributed by atoms with van der Waals surface area (Å²) in [6.45, 7) is 5.48. The number of benzene rings is 1. The quantitative estimate of drug-likeness (QED) is 0.366. The summed E-state index contributed by atoms with van der Waals surface area (Å²) in [6, 6.07) is 7.16. The molecule has 0 spiro atoms. The molecular formula is C15H16O2S. The number of carbonyl (C=O) groups excluding carboxylic acids is 1. The lowest BCUT2D eigenvalue weighted by atomic mass is 10.1. The largest absolute Gasteiger partial charge is 0.507 e. The zero-order valence-electron chi connectivity index (χ0n) is 10.3. The summed E-state index contributed by atoms with van der Waals surface area (Å²) < 4.78 is 0. The van der Waals surface area contributed by atoms with Crippen LogP contribution in [0.5, 0.6) is 5.75 Å². The molecule has 0 aliphatic carbocycles. The maximum Gasteiger partial charge on any atom is 0.150 e. The molecule has 1 rings (SSSR count). The monoisotopic (exact) mass is 260 g/mol. The van der Waals surface area contributed by atoms with Gasteiger partial charge >= 0.3 is 0 Å². The van der Waals surface area contributed by atoms with E-state index in [0.29, 0.717) is 11.3 Å². The molecule has 0 heterocycles. The summed E-state index contributed by atoms with van der Waals surface area (Å²) in [5.41, 5.74) is 1.55. The highest BCUT2D eigenvalue weighted by atomic mass is 32.2. The topological polar surface area (TPSA) is 37.3 Å². The smallest absolute Gasteiger partial charge is 0.150 e. The van der Waals surface area contributed by atoms with E-state index < -0.39 is 0 Å².